The van der Waals surface area contributed by atoms with Gasteiger partial charge in [0.05, 0.1) is 0 Å². The van der Waals surface area contributed by atoms with E-state index in [0.717, 1.165) is 21.3 Å². The molecule has 0 unspecified atom stereocenters. The zero-order valence-electron chi connectivity index (χ0n) is 12.8. The van der Waals surface area contributed by atoms with Crippen molar-refractivity contribution in [2.45, 2.75) is 39.8 Å². The molecule has 0 amide bonds. The van der Waals surface area contributed by atoms with Crippen LogP contribution in [0.4, 0.5) is 0 Å². The highest BCUT2D eigenvalue weighted by molar-refractivity contribution is 9.10. The van der Waals surface area contributed by atoms with Crippen molar-refractivity contribution in [1.29, 1.82) is 0 Å². The number of benzene rings is 2. The molecule has 0 radical (unpaired) electrons. The molecule has 112 valence electrons. The lowest BCUT2D eigenvalue weighted by atomic mass is 9.98. The lowest BCUT2D eigenvalue weighted by molar-refractivity contribution is 0.305. The highest BCUT2D eigenvalue weighted by atomic mass is 79.9. The van der Waals surface area contributed by atoms with Crippen molar-refractivity contribution in [3.63, 3.8) is 0 Å². The van der Waals surface area contributed by atoms with Crippen LogP contribution in [0.5, 0.6) is 5.75 Å². The molecule has 3 heteroatoms. The van der Waals surface area contributed by atoms with Crippen LogP contribution >= 0.6 is 15.9 Å². The van der Waals surface area contributed by atoms with Crippen molar-refractivity contribution in [2.24, 2.45) is 5.73 Å². The molecule has 0 bridgehead atoms. The van der Waals surface area contributed by atoms with E-state index in [2.05, 4.69) is 54.9 Å². The predicted octanol–water partition coefficient (Wildman–Crippen LogP) is 4.92. The minimum absolute atomic E-state index is 0.539. The van der Waals surface area contributed by atoms with Crippen molar-refractivity contribution in [3.05, 3.63) is 63.1 Å². The number of halogens is 1. The maximum absolute atomic E-state index is 5.90. The molecule has 0 fully saturated rings. The fourth-order valence-corrected chi connectivity index (χ4v) is 2.92. The summed E-state index contributed by atoms with van der Waals surface area (Å²) in [4.78, 5) is 0. The molecule has 2 N–H and O–H groups in total. The van der Waals surface area contributed by atoms with Crippen LogP contribution in [0, 0.1) is 6.92 Å². The van der Waals surface area contributed by atoms with Crippen molar-refractivity contribution < 1.29 is 4.74 Å². The molecule has 0 saturated heterocycles. The second kappa shape index (κ2) is 7.10. The zero-order valence-corrected chi connectivity index (χ0v) is 14.4. The molecule has 0 aliphatic carbocycles. The van der Waals surface area contributed by atoms with Gasteiger partial charge in [-0.25, -0.2) is 0 Å². The van der Waals surface area contributed by atoms with Gasteiger partial charge in [0.1, 0.15) is 12.4 Å². The van der Waals surface area contributed by atoms with Crippen molar-refractivity contribution in [2.75, 3.05) is 0 Å². The van der Waals surface area contributed by atoms with Crippen LogP contribution in [0.1, 0.15) is 42.0 Å². The highest BCUT2D eigenvalue weighted by Crippen LogP contribution is 2.25. The fourth-order valence-electron chi connectivity index (χ4n) is 2.38. The first kappa shape index (κ1) is 16.1. The van der Waals surface area contributed by atoms with E-state index in [1.807, 2.05) is 18.2 Å². The van der Waals surface area contributed by atoms with Gasteiger partial charge in [0, 0.05) is 16.6 Å². The molecule has 0 atom stereocenters. The monoisotopic (exact) mass is 347 g/mol. The topological polar surface area (TPSA) is 35.2 Å². The Labute approximate surface area is 135 Å². The van der Waals surface area contributed by atoms with E-state index in [-0.39, 0.29) is 0 Å². The number of hydrogen-bond donors (Lipinski definition) is 1. The van der Waals surface area contributed by atoms with Gasteiger partial charge in [0.2, 0.25) is 0 Å². The molecule has 21 heavy (non-hydrogen) atoms. The van der Waals surface area contributed by atoms with Crippen LogP contribution in [0.25, 0.3) is 0 Å². The lowest BCUT2D eigenvalue weighted by Crippen LogP contribution is -2.01. The molecule has 0 aliphatic heterocycles. The van der Waals surface area contributed by atoms with Crippen LogP contribution < -0.4 is 10.5 Å². The molecule has 0 spiro atoms. The summed E-state index contributed by atoms with van der Waals surface area (Å²) in [5.74, 6) is 1.45. The number of nitrogens with two attached hydrogens (primary N) is 1. The van der Waals surface area contributed by atoms with E-state index in [0.29, 0.717) is 19.1 Å². The average molecular weight is 348 g/mol. The van der Waals surface area contributed by atoms with Gasteiger partial charge in [-0.1, -0.05) is 48.0 Å². The smallest absolute Gasteiger partial charge is 0.120 e. The molecule has 0 heterocycles. The molecule has 2 aromatic carbocycles. The van der Waals surface area contributed by atoms with E-state index >= 15 is 0 Å². The average Bonchev–Trinajstić information content (AvgIpc) is 2.45. The summed E-state index contributed by atoms with van der Waals surface area (Å²) in [5.41, 5.74) is 10.5. The number of aryl methyl sites for hydroxylation is 1. The van der Waals surface area contributed by atoms with Crippen molar-refractivity contribution >= 4 is 15.9 Å². The van der Waals surface area contributed by atoms with Crippen LogP contribution in [-0.4, -0.2) is 0 Å². The van der Waals surface area contributed by atoms with Gasteiger partial charge in [0.25, 0.3) is 0 Å². The van der Waals surface area contributed by atoms with Gasteiger partial charge in [0.15, 0.2) is 0 Å². The van der Waals surface area contributed by atoms with Gasteiger partial charge in [-0.2, -0.15) is 0 Å². The molecule has 0 aromatic heterocycles. The Kier molecular flexibility index (Phi) is 5.43. The second-order valence-electron chi connectivity index (χ2n) is 5.59. The normalized spacial score (nSPS) is 11.0. The summed E-state index contributed by atoms with van der Waals surface area (Å²) in [6, 6.07) is 12.5. The Hall–Kier alpha value is -1.32. The fraction of sp³-hybridized carbons (Fsp3) is 0.333. The van der Waals surface area contributed by atoms with Crippen molar-refractivity contribution in [3.8, 4) is 5.75 Å². The Morgan fingerprint density at radius 1 is 1.14 bits per heavy atom. The Morgan fingerprint density at radius 2 is 1.90 bits per heavy atom. The van der Waals surface area contributed by atoms with E-state index in [1.54, 1.807) is 0 Å². The van der Waals surface area contributed by atoms with Gasteiger partial charge >= 0.3 is 0 Å². The maximum Gasteiger partial charge on any atom is 0.120 e. The minimum Gasteiger partial charge on any atom is -0.489 e. The predicted molar refractivity (Wildman–Crippen MR) is 91.6 cm³/mol. The summed E-state index contributed by atoms with van der Waals surface area (Å²) < 4.78 is 6.94. The second-order valence-corrected chi connectivity index (χ2v) is 6.45. The summed E-state index contributed by atoms with van der Waals surface area (Å²) in [6.45, 7) is 7.65. The third kappa shape index (κ3) is 4.08. The largest absolute Gasteiger partial charge is 0.489 e. The first-order valence-electron chi connectivity index (χ1n) is 7.22. The van der Waals surface area contributed by atoms with Crippen molar-refractivity contribution in [1.82, 2.24) is 0 Å². The minimum atomic E-state index is 0.539. The van der Waals surface area contributed by atoms with Gasteiger partial charge < -0.3 is 10.5 Å². The summed E-state index contributed by atoms with van der Waals surface area (Å²) in [5, 5.41) is 0. The van der Waals surface area contributed by atoms with Crippen LogP contribution in [0.15, 0.2) is 40.9 Å². The zero-order chi connectivity index (χ0) is 15.4. The third-order valence-electron chi connectivity index (χ3n) is 3.61. The lowest BCUT2D eigenvalue weighted by Gasteiger charge is -2.13. The Morgan fingerprint density at radius 3 is 2.48 bits per heavy atom. The molecule has 2 aromatic rings. The molecular formula is C18H22BrNO. The Bertz CT molecular complexity index is 623. The van der Waals surface area contributed by atoms with E-state index < -0.39 is 0 Å². The first-order chi connectivity index (χ1) is 10.0. The maximum atomic E-state index is 5.90. The SMILES string of the molecule is Cc1cc(OCc2ccc(CN)cc2Br)ccc1C(C)C. The van der Waals surface area contributed by atoms with Gasteiger partial charge in [-0.3, -0.25) is 0 Å². The molecular weight excluding hydrogens is 326 g/mol. The number of rotatable bonds is 5. The Balaban J connectivity index is 2.08. The van der Waals surface area contributed by atoms with Gasteiger partial charge in [-0.05, 0) is 47.7 Å². The summed E-state index contributed by atoms with van der Waals surface area (Å²) >= 11 is 3.57. The molecule has 0 saturated carbocycles. The molecule has 0 aliphatic rings. The van der Waals surface area contributed by atoms with Crippen LogP contribution in [-0.2, 0) is 13.2 Å². The van der Waals surface area contributed by atoms with E-state index in [4.69, 9.17) is 10.5 Å². The summed E-state index contributed by atoms with van der Waals surface area (Å²) in [7, 11) is 0. The van der Waals surface area contributed by atoms with Gasteiger partial charge in [-0.15, -0.1) is 0 Å². The molecule has 2 rings (SSSR count). The van der Waals surface area contributed by atoms with E-state index in [1.165, 1.54) is 11.1 Å². The highest BCUT2D eigenvalue weighted by Gasteiger charge is 2.06. The molecule has 2 nitrogen and oxygen atoms in total. The van der Waals surface area contributed by atoms with Crippen LogP contribution in [0.2, 0.25) is 0 Å². The first-order valence-corrected chi connectivity index (χ1v) is 8.01. The van der Waals surface area contributed by atoms with E-state index in [9.17, 15) is 0 Å². The summed E-state index contributed by atoms with van der Waals surface area (Å²) in [6.07, 6.45) is 0. The number of hydrogen-bond acceptors (Lipinski definition) is 2. The quantitative estimate of drug-likeness (QED) is 0.832. The third-order valence-corrected chi connectivity index (χ3v) is 4.35. The van der Waals surface area contributed by atoms with Crippen LogP contribution in [0.3, 0.4) is 0 Å². The standard InChI is InChI=1S/C18H22BrNO/c1-12(2)17-7-6-16(8-13(17)3)21-11-15-5-4-14(10-20)9-18(15)19/h4-9,12H,10-11,20H2,1-3H3. The number of ether oxygens (including phenoxy) is 1.